The molecule has 31 heavy (non-hydrogen) atoms. The molecule has 2 N–H and O–H groups in total. The number of nitrogens with one attached hydrogen (secondary N) is 2. The first-order valence-electron chi connectivity index (χ1n) is 9.78. The van der Waals surface area contributed by atoms with Crippen molar-refractivity contribution in [2.45, 2.75) is 19.4 Å². The van der Waals surface area contributed by atoms with E-state index in [1.54, 1.807) is 60.7 Å². The molecule has 0 spiro atoms. The number of hydrogen-bond donors (Lipinski definition) is 2. The Kier molecular flexibility index (Phi) is 5.73. The van der Waals surface area contributed by atoms with E-state index >= 15 is 0 Å². The first-order chi connectivity index (χ1) is 14.9. The maximum absolute atomic E-state index is 13.5. The van der Waals surface area contributed by atoms with Gasteiger partial charge in [0.2, 0.25) is 11.8 Å². The van der Waals surface area contributed by atoms with Crippen LogP contribution in [-0.4, -0.2) is 23.8 Å². The largest absolute Gasteiger partial charge is 0.326 e. The summed E-state index contributed by atoms with van der Waals surface area (Å²) in [5, 5.41) is 6.12. The number of carbonyl (C=O) groups is 3. The average Bonchev–Trinajstić information content (AvgIpc) is 2.76. The predicted octanol–water partition coefficient (Wildman–Crippen LogP) is 4.64. The minimum absolute atomic E-state index is 0.194. The van der Waals surface area contributed by atoms with Gasteiger partial charge in [0, 0.05) is 16.3 Å². The number of carbonyl (C=O) groups excluding carboxylic acids is 3. The van der Waals surface area contributed by atoms with Gasteiger partial charge in [-0.15, -0.1) is 0 Å². The van der Waals surface area contributed by atoms with Crippen molar-refractivity contribution in [1.82, 2.24) is 0 Å². The van der Waals surface area contributed by atoms with Crippen molar-refractivity contribution < 1.29 is 14.4 Å². The monoisotopic (exact) mass is 433 g/mol. The summed E-state index contributed by atoms with van der Waals surface area (Å²) in [7, 11) is 0. The second-order valence-electron chi connectivity index (χ2n) is 7.27. The van der Waals surface area contributed by atoms with Crippen LogP contribution in [0.2, 0.25) is 5.02 Å². The van der Waals surface area contributed by atoms with Gasteiger partial charge < -0.3 is 10.6 Å². The molecule has 3 aromatic carbocycles. The molecule has 0 radical (unpaired) electrons. The van der Waals surface area contributed by atoms with Crippen LogP contribution in [0.4, 0.5) is 17.1 Å². The van der Waals surface area contributed by atoms with Crippen LogP contribution in [0.5, 0.6) is 0 Å². The quantitative estimate of drug-likeness (QED) is 0.628. The Labute approximate surface area is 184 Å². The van der Waals surface area contributed by atoms with Crippen molar-refractivity contribution in [3.8, 4) is 0 Å². The molecule has 1 heterocycles. The molecule has 3 aromatic rings. The summed E-state index contributed by atoms with van der Waals surface area (Å²) >= 11 is 5.89. The Morgan fingerprint density at radius 2 is 1.68 bits per heavy atom. The van der Waals surface area contributed by atoms with Gasteiger partial charge in [0.25, 0.3) is 5.91 Å². The number of nitrogens with zero attached hydrogens (tertiary/aromatic N) is 1. The van der Waals surface area contributed by atoms with Gasteiger partial charge in [0.05, 0.1) is 17.8 Å². The molecule has 0 aliphatic carbocycles. The summed E-state index contributed by atoms with van der Waals surface area (Å²) in [4.78, 5) is 40.6. The van der Waals surface area contributed by atoms with Crippen LogP contribution < -0.4 is 15.5 Å². The van der Waals surface area contributed by atoms with Crippen LogP contribution >= 0.6 is 11.6 Å². The maximum atomic E-state index is 13.5. The predicted molar refractivity (Wildman–Crippen MR) is 122 cm³/mol. The summed E-state index contributed by atoms with van der Waals surface area (Å²) in [5.41, 5.74) is 2.92. The topological polar surface area (TPSA) is 78.5 Å². The van der Waals surface area contributed by atoms with Crippen molar-refractivity contribution in [3.63, 3.8) is 0 Å². The van der Waals surface area contributed by atoms with Crippen LogP contribution in [-0.2, 0) is 9.59 Å². The summed E-state index contributed by atoms with van der Waals surface area (Å²) in [6.07, 6.45) is -0.194. The van der Waals surface area contributed by atoms with E-state index in [2.05, 4.69) is 10.6 Å². The van der Waals surface area contributed by atoms with Crippen molar-refractivity contribution in [2.24, 2.45) is 0 Å². The molecule has 0 saturated heterocycles. The Morgan fingerprint density at radius 1 is 1.00 bits per heavy atom. The molecule has 7 heteroatoms. The van der Waals surface area contributed by atoms with E-state index in [9.17, 15) is 14.4 Å². The number of amides is 3. The highest BCUT2D eigenvalue weighted by Gasteiger charge is 2.38. The van der Waals surface area contributed by atoms with Gasteiger partial charge in [-0.25, -0.2) is 0 Å². The van der Waals surface area contributed by atoms with E-state index in [0.29, 0.717) is 27.6 Å². The number of anilines is 3. The minimum Gasteiger partial charge on any atom is -0.326 e. The van der Waals surface area contributed by atoms with E-state index in [-0.39, 0.29) is 18.2 Å². The van der Waals surface area contributed by atoms with Crippen LogP contribution in [0.3, 0.4) is 0 Å². The third kappa shape index (κ3) is 4.29. The molecule has 1 aliphatic heterocycles. The summed E-state index contributed by atoms with van der Waals surface area (Å²) < 4.78 is 0. The highest BCUT2D eigenvalue weighted by atomic mass is 35.5. The lowest BCUT2D eigenvalue weighted by molar-refractivity contribution is -0.122. The van der Waals surface area contributed by atoms with Crippen molar-refractivity contribution >= 4 is 46.4 Å². The lowest BCUT2D eigenvalue weighted by atomic mass is 10.0. The van der Waals surface area contributed by atoms with Gasteiger partial charge in [-0.05, 0) is 55.0 Å². The minimum atomic E-state index is -0.991. The summed E-state index contributed by atoms with van der Waals surface area (Å²) in [6.45, 7) is 1.84. The van der Waals surface area contributed by atoms with E-state index in [4.69, 9.17) is 11.6 Å². The molecule has 3 amide bonds. The molecule has 156 valence electrons. The number of rotatable bonds is 4. The maximum Gasteiger partial charge on any atom is 0.259 e. The summed E-state index contributed by atoms with van der Waals surface area (Å²) in [6, 6.07) is 19.9. The number of benzene rings is 3. The zero-order valence-electron chi connectivity index (χ0n) is 16.8. The molecule has 4 rings (SSSR count). The van der Waals surface area contributed by atoms with Crippen molar-refractivity contribution in [1.29, 1.82) is 0 Å². The highest BCUT2D eigenvalue weighted by molar-refractivity contribution is 6.30. The third-order valence-corrected chi connectivity index (χ3v) is 5.39. The van der Waals surface area contributed by atoms with Gasteiger partial charge >= 0.3 is 0 Å². The molecule has 1 aliphatic rings. The number of hydrogen-bond acceptors (Lipinski definition) is 3. The van der Waals surface area contributed by atoms with Gasteiger partial charge in [-0.3, -0.25) is 19.3 Å². The molecule has 0 fully saturated rings. The van der Waals surface area contributed by atoms with E-state index in [1.807, 2.05) is 19.1 Å². The Hall–Kier alpha value is -3.64. The number of fused-ring (bicyclic) bond motifs is 1. The standard InChI is InChI=1S/C24H20ClN3O3/c1-15-6-2-3-7-18(15)24(31)28-20-9-5-4-8-19(20)27-23(30)21(28)14-22(29)26-17-12-10-16(25)11-13-17/h2-13,21H,14H2,1H3,(H,26,29)(H,27,30)/t21-/m0/s1. The zero-order valence-corrected chi connectivity index (χ0v) is 17.5. The lowest BCUT2D eigenvalue weighted by Gasteiger charge is -2.36. The molecular formula is C24H20ClN3O3. The van der Waals surface area contributed by atoms with Gasteiger partial charge in [-0.1, -0.05) is 41.9 Å². The van der Waals surface area contributed by atoms with Gasteiger partial charge in [0.15, 0.2) is 0 Å². The van der Waals surface area contributed by atoms with Crippen LogP contribution in [0, 0.1) is 6.92 Å². The van der Waals surface area contributed by atoms with Crippen LogP contribution in [0.25, 0.3) is 0 Å². The SMILES string of the molecule is Cc1ccccc1C(=O)N1c2ccccc2NC(=O)[C@@H]1CC(=O)Nc1ccc(Cl)cc1. The Morgan fingerprint density at radius 3 is 2.42 bits per heavy atom. The van der Waals surface area contributed by atoms with Gasteiger partial charge in [0.1, 0.15) is 6.04 Å². The van der Waals surface area contributed by atoms with E-state index in [0.717, 1.165) is 5.56 Å². The molecule has 6 nitrogen and oxygen atoms in total. The average molecular weight is 434 g/mol. The second kappa shape index (κ2) is 8.62. The fourth-order valence-electron chi connectivity index (χ4n) is 3.59. The van der Waals surface area contributed by atoms with E-state index < -0.39 is 11.9 Å². The lowest BCUT2D eigenvalue weighted by Crippen LogP contribution is -2.52. The highest BCUT2D eigenvalue weighted by Crippen LogP contribution is 2.34. The Balaban J connectivity index is 1.66. The van der Waals surface area contributed by atoms with Crippen molar-refractivity contribution in [3.05, 3.63) is 88.9 Å². The zero-order chi connectivity index (χ0) is 22.0. The van der Waals surface area contributed by atoms with Crippen LogP contribution in [0.1, 0.15) is 22.3 Å². The van der Waals surface area contributed by atoms with Crippen LogP contribution in [0.15, 0.2) is 72.8 Å². The second-order valence-corrected chi connectivity index (χ2v) is 7.71. The number of para-hydroxylation sites is 2. The molecule has 1 atom stereocenters. The third-order valence-electron chi connectivity index (χ3n) is 5.14. The fourth-order valence-corrected chi connectivity index (χ4v) is 3.71. The molecule has 0 saturated carbocycles. The number of aryl methyl sites for hydroxylation is 1. The smallest absolute Gasteiger partial charge is 0.259 e. The van der Waals surface area contributed by atoms with Crippen molar-refractivity contribution in [2.75, 3.05) is 15.5 Å². The Bertz CT molecular complexity index is 1160. The number of halogens is 1. The van der Waals surface area contributed by atoms with E-state index in [1.165, 1.54) is 4.90 Å². The molecular weight excluding hydrogens is 414 g/mol. The molecule has 0 unspecified atom stereocenters. The summed E-state index contributed by atoms with van der Waals surface area (Å²) in [5.74, 6) is -1.12. The first kappa shape index (κ1) is 20.6. The molecule has 0 bridgehead atoms. The van der Waals surface area contributed by atoms with Gasteiger partial charge in [-0.2, -0.15) is 0 Å². The normalized spacial score (nSPS) is 15.1. The first-order valence-corrected chi connectivity index (χ1v) is 10.2. The molecule has 0 aromatic heterocycles. The fraction of sp³-hybridized carbons (Fsp3) is 0.125.